The molecule has 3 rings (SSSR count). The topological polar surface area (TPSA) is 34.0 Å². The summed E-state index contributed by atoms with van der Waals surface area (Å²) < 4.78 is 2.20. The molecule has 3 aromatic rings. The number of nitrogens with zero attached hydrogens (tertiary/aromatic N) is 1. The first-order valence-corrected chi connectivity index (χ1v) is 6.39. The van der Waals surface area contributed by atoms with Crippen molar-refractivity contribution in [1.29, 1.82) is 0 Å². The maximum Gasteiger partial charge on any atom is 0.207 e. The van der Waals surface area contributed by atoms with Crippen molar-refractivity contribution in [3.63, 3.8) is 0 Å². The highest BCUT2D eigenvalue weighted by Gasteiger charge is 2.10. The molecule has 1 heterocycles. The predicted molar refractivity (Wildman–Crippen MR) is 78.0 cm³/mol. The van der Waals surface area contributed by atoms with Gasteiger partial charge in [-0.15, -0.1) is 0 Å². The Morgan fingerprint density at radius 3 is 2.63 bits per heavy atom. The van der Waals surface area contributed by atoms with Gasteiger partial charge in [0.2, 0.25) is 6.41 Å². The molecule has 0 unspecified atom stereocenters. The second-order valence-electron chi connectivity index (χ2n) is 4.86. The van der Waals surface area contributed by atoms with Crippen LogP contribution in [0, 0.1) is 0 Å². The van der Waals surface area contributed by atoms with E-state index in [9.17, 15) is 4.79 Å². The van der Waals surface area contributed by atoms with Gasteiger partial charge in [-0.2, -0.15) is 0 Å². The first-order chi connectivity index (χ1) is 9.22. The molecule has 0 aliphatic heterocycles. The van der Waals surface area contributed by atoms with Gasteiger partial charge in [0.15, 0.2) is 0 Å². The monoisotopic (exact) mass is 252 g/mol. The summed E-state index contributed by atoms with van der Waals surface area (Å²) in [4.78, 5) is 10.6. The number of carbonyl (C=O) groups excluding carboxylic acids is 1. The number of hydrogen-bond acceptors (Lipinski definition) is 1. The molecule has 0 spiro atoms. The average Bonchev–Trinajstić information content (AvgIpc) is 2.73. The molecule has 0 saturated carbocycles. The van der Waals surface area contributed by atoms with E-state index in [1.54, 1.807) is 0 Å². The van der Waals surface area contributed by atoms with Crippen LogP contribution in [0.2, 0.25) is 0 Å². The van der Waals surface area contributed by atoms with Crippen molar-refractivity contribution in [2.75, 3.05) is 0 Å². The standard InChI is InChI=1S/C16H16N2O/c1-11(17-10-19)12-7-8-16-14(9-12)13-5-3-4-6-15(13)18(16)2/h3-11H,1-2H3,(H,17,19)/t11-/m0/s1. The highest BCUT2D eigenvalue weighted by molar-refractivity contribution is 6.08. The van der Waals surface area contributed by atoms with Crippen molar-refractivity contribution < 1.29 is 4.79 Å². The lowest BCUT2D eigenvalue weighted by Gasteiger charge is -2.10. The van der Waals surface area contributed by atoms with Crippen LogP contribution in [0.1, 0.15) is 18.5 Å². The molecule has 3 heteroatoms. The molecule has 0 fully saturated rings. The van der Waals surface area contributed by atoms with E-state index in [1.165, 1.54) is 21.8 Å². The number of aromatic nitrogens is 1. The first kappa shape index (κ1) is 11.8. The van der Waals surface area contributed by atoms with E-state index in [4.69, 9.17) is 0 Å². The summed E-state index contributed by atoms with van der Waals surface area (Å²) in [6.07, 6.45) is 0.748. The zero-order chi connectivity index (χ0) is 13.4. The number of benzene rings is 2. The minimum atomic E-state index is 0.0286. The van der Waals surface area contributed by atoms with Gasteiger partial charge in [0.25, 0.3) is 0 Å². The molecule has 3 nitrogen and oxygen atoms in total. The molecule has 1 N–H and O–H groups in total. The van der Waals surface area contributed by atoms with Gasteiger partial charge in [0.1, 0.15) is 0 Å². The van der Waals surface area contributed by atoms with Crippen LogP contribution in [-0.2, 0) is 11.8 Å². The number of amides is 1. The molecule has 0 bridgehead atoms. The van der Waals surface area contributed by atoms with Gasteiger partial charge in [0, 0.05) is 28.9 Å². The lowest BCUT2D eigenvalue weighted by molar-refractivity contribution is -0.110. The van der Waals surface area contributed by atoms with Crippen molar-refractivity contribution in [2.24, 2.45) is 7.05 Å². The van der Waals surface area contributed by atoms with Crippen molar-refractivity contribution in [3.8, 4) is 0 Å². The number of para-hydroxylation sites is 1. The Labute approximate surface area is 111 Å². The molecule has 1 aromatic heterocycles. The number of hydrogen-bond donors (Lipinski definition) is 1. The van der Waals surface area contributed by atoms with E-state index in [2.05, 4.69) is 59.4 Å². The van der Waals surface area contributed by atoms with Crippen LogP contribution in [0.3, 0.4) is 0 Å². The van der Waals surface area contributed by atoms with Gasteiger partial charge in [-0.25, -0.2) is 0 Å². The Balaban J connectivity index is 2.27. The minimum absolute atomic E-state index is 0.0286. The fourth-order valence-electron chi connectivity index (χ4n) is 2.65. The fraction of sp³-hybridized carbons (Fsp3) is 0.188. The zero-order valence-corrected chi connectivity index (χ0v) is 11.1. The van der Waals surface area contributed by atoms with Crippen molar-refractivity contribution >= 4 is 28.2 Å². The minimum Gasteiger partial charge on any atom is -0.352 e. The van der Waals surface area contributed by atoms with Gasteiger partial charge in [-0.05, 0) is 30.7 Å². The molecule has 0 radical (unpaired) electrons. The molecule has 1 atom stereocenters. The molecular formula is C16H16N2O. The van der Waals surface area contributed by atoms with E-state index < -0.39 is 0 Å². The van der Waals surface area contributed by atoms with Crippen LogP contribution in [0.4, 0.5) is 0 Å². The van der Waals surface area contributed by atoms with Crippen molar-refractivity contribution in [1.82, 2.24) is 9.88 Å². The smallest absolute Gasteiger partial charge is 0.207 e. The summed E-state index contributed by atoms with van der Waals surface area (Å²) in [6, 6.07) is 14.8. The van der Waals surface area contributed by atoms with Crippen LogP contribution >= 0.6 is 0 Å². The summed E-state index contributed by atoms with van der Waals surface area (Å²) >= 11 is 0. The van der Waals surface area contributed by atoms with Crippen LogP contribution < -0.4 is 5.32 Å². The van der Waals surface area contributed by atoms with Gasteiger partial charge < -0.3 is 9.88 Å². The Hall–Kier alpha value is -2.29. The second-order valence-corrected chi connectivity index (χ2v) is 4.86. The summed E-state index contributed by atoms with van der Waals surface area (Å²) in [5.41, 5.74) is 3.56. The van der Waals surface area contributed by atoms with E-state index in [-0.39, 0.29) is 6.04 Å². The third-order valence-corrected chi connectivity index (χ3v) is 3.76. The molecule has 0 aliphatic carbocycles. The number of rotatable bonds is 3. The summed E-state index contributed by atoms with van der Waals surface area (Å²) in [5, 5.41) is 5.28. The second kappa shape index (κ2) is 4.43. The number of nitrogens with one attached hydrogen (secondary N) is 1. The number of aryl methyl sites for hydroxylation is 1. The quantitative estimate of drug-likeness (QED) is 0.714. The van der Waals surface area contributed by atoms with Gasteiger partial charge in [-0.1, -0.05) is 24.3 Å². The Bertz CT molecular complexity index is 758. The van der Waals surface area contributed by atoms with Crippen LogP contribution in [0.15, 0.2) is 42.5 Å². The van der Waals surface area contributed by atoms with E-state index >= 15 is 0 Å². The number of carbonyl (C=O) groups is 1. The molecule has 0 aliphatic rings. The molecular weight excluding hydrogens is 236 g/mol. The first-order valence-electron chi connectivity index (χ1n) is 6.39. The highest BCUT2D eigenvalue weighted by Crippen LogP contribution is 2.29. The Morgan fingerprint density at radius 1 is 1.11 bits per heavy atom. The molecule has 2 aromatic carbocycles. The maximum absolute atomic E-state index is 10.6. The largest absolute Gasteiger partial charge is 0.352 e. The van der Waals surface area contributed by atoms with Gasteiger partial charge >= 0.3 is 0 Å². The van der Waals surface area contributed by atoms with Crippen molar-refractivity contribution in [2.45, 2.75) is 13.0 Å². The van der Waals surface area contributed by atoms with Crippen LogP contribution in [0.5, 0.6) is 0 Å². The summed E-state index contributed by atoms with van der Waals surface area (Å²) in [7, 11) is 2.08. The number of fused-ring (bicyclic) bond motifs is 3. The zero-order valence-electron chi connectivity index (χ0n) is 11.1. The Kier molecular flexibility index (Phi) is 2.75. The highest BCUT2D eigenvalue weighted by atomic mass is 16.1. The van der Waals surface area contributed by atoms with E-state index in [0.717, 1.165) is 12.0 Å². The average molecular weight is 252 g/mol. The van der Waals surface area contributed by atoms with Crippen molar-refractivity contribution in [3.05, 3.63) is 48.0 Å². The van der Waals surface area contributed by atoms with Gasteiger partial charge in [0.05, 0.1) is 6.04 Å². The SMILES string of the molecule is C[C@H](NC=O)c1ccc2c(c1)c1ccccc1n2C. The maximum atomic E-state index is 10.6. The summed E-state index contributed by atoms with van der Waals surface area (Å²) in [6.45, 7) is 1.99. The molecule has 1 amide bonds. The lowest BCUT2D eigenvalue weighted by atomic mass is 10.0. The predicted octanol–water partition coefficient (Wildman–Crippen LogP) is 3.14. The van der Waals surface area contributed by atoms with E-state index in [0.29, 0.717) is 0 Å². The lowest BCUT2D eigenvalue weighted by Crippen LogP contribution is -2.15. The van der Waals surface area contributed by atoms with Gasteiger partial charge in [-0.3, -0.25) is 4.79 Å². The Morgan fingerprint density at radius 2 is 1.84 bits per heavy atom. The third kappa shape index (κ3) is 1.78. The molecule has 19 heavy (non-hydrogen) atoms. The summed E-state index contributed by atoms with van der Waals surface area (Å²) in [5.74, 6) is 0. The normalized spacial score (nSPS) is 12.7. The van der Waals surface area contributed by atoms with Crippen LogP contribution in [-0.4, -0.2) is 11.0 Å². The van der Waals surface area contributed by atoms with E-state index in [1.807, 2.05) is 6.92 Å². The molecule has 0 saturated heterocycles. The van der Waals surface area contributed by atoms with Crippen LogP contribution in [0.25, 0.3) is 21.8 Å². The fourth-order valence-corrected chi connectivity index (χ4v) is 2.65. The third-order valence-electron chi connectivity index (χ3n) is 3.76. The molecule has 96 valence electrons.